The highest BCUT2D eigenvalue weighted by Gasteiger charge is 2.27. The molecule has 0 aromatic carbocycles. The number of H-pyrrole nitrogens is 1. The third-order valence-corrected chi connectivity index (χ3v) is 8.61. The fraction of sp³-hybridized carbons (Fsp3) is 0.444. The number of nitrogens with one attached hydrogen (secondary N) is 2. The molecule has 0 radical (unpaired) electrons. The number of hydrogen-bond donors (Lipinski definition) is 3. The Morgan fingerprint density at radius 1 is 1.45 bits per heavy atom. The number of sulfonamides is 1. The summed E-state index contributed by atoms with van der Waals surface area (Å²) < 4.78 is 49.8. The Kier molecular flexibility index (Phi) is 6.91. The number of anilines is 2. The number of hydrogen-bond acceptors (Lipinski definition) is 9. The maximum atomic E-state index is 12.3. The molecule has 0 fully saturated rings. The lowest BCUT2D eigenvalue weighted by Crippen LogP contribution is -2.21. The molecule has 3 heterocycles. The minimum atomic E-state index is -3.80. The highest BCUT2D eigenvalue weighted by atomic mass is 32.2. The second-order valence-corrected chi connectivity index (χ2v) is 11.4. The molecule has 3 aromatic rings. The van der Waals surface area contributed by atoms with Gasteiger partial charge in [-0.3, -0.25) is 0 Å². The Labute approximate surface area is 187 Å². The molecule has 10 nitrogen and oxygen atoms in total. The first kappa shape index (κ1) is 23.5. The van der Waals surface area contributed by atoms with E-state index in [0.717, 1.165) is 21.2 Å². The van der Waals surface area contributed by atoms with Crippen LogP contribution in [0.15, 0.2) is 31.3 Å². The molecular weight excluding hydrogens is 462 g/mol. The van der Waals surface area contributed by atoms with E-state index in [1.807, 2.05) is 13.0 Å². The molecule has 0 aliphatic rings. The summed E-state index contributed by atoms with van der Waals surface area (Å²) in [7, 11) is -1.05. The highest BCUT2D eigenvalue weighted by Crippen LogP contribution is 2.39. The van der Waals surface area contributed by atoms with Crippen LogP contribution in [0.5, 0.6) is 5.75 Å². The molecule has 3 aromatic heterocycles. The van der Waals surface area contributed by atoms with Crippen molar-refractivity contribution in [2.75, 3.05) is 19.4 Å². The van der Waals surface area contributed by atoms with E-state index in [4.69, 9.17) is 4.42 Å². The minimum Gasteiger partial charge on any atom is -0.548 e. The molecule has 2 atom stereocenters. The van der Waals surface area contributed by atoms with Gasteiger partial charge >= 0.3 is 0 Å². The van der Waals surface area contributed by atoms with Crippen molar-refractivity contribution in [2.24, 2.45) is 4.99 Å². The van der Waals surface area contributed by atoms with Crippen LogP contribution < -0.4 is 10.8 Å². The van der Waals surface area contributed by atoms with Gasteiger partial charge in [0, 0.05) is 23.8 Å². The Morgan fingerprint density at radius 2 is 2.16 bits per heavy atom. The third kappa shape index (κ3) is 4.85. The van der Waals surface area contributed by atoms with E-state index in [9.17, 15) is 18.1 Å². The Hall–Kier alpha value is -2.19. The second kappa shape index (κ2) is 9.12. The Morgan fingerprint density at radius 3 is 2.74 bits per heavy atom. The fourth-order valence-corrected chi connectivity index (χ4v) is 5.75. The van der Waals surface area contributed by atoms with Gasteiger partial charge in [-0.15, -0.1) is 15.7 Å². The summed E-state index contributed by atoms with van der Waals surface area (Å²) in [4.78, 5) is 4.60. The van der Waals surface area contributed by atoms with Gasteiger partial charge in [-0.05, 0) is 24.0 Å². The molecule has 0 aliphatic heterocycles. The zero-order chi connectivity index (χ0) is 22.9. The maximum Gasteiger partial charge on any atom is 0.255 e. The van der Waals surface area contributed by atoms with Crippen molar-refractivity contribution < 1.29 is 22.5 Å². The average molecular weight is 488 g/mol. The minimum absolute atomic E-state index is 0.130. The largest absolute Gasteiger partial charge is 0.548 e. The molecule has 1 unspecified atom stereocenters. The quantitative estimate of drug-likeness (QED) is 0.411. The molecule has 0 amide bonds. The lowest BCUT2D eigenvalue weighted by atomic mass is 10.1. The second-order valence-electron chi connectivity index (χ2n) is 7.33. The lowest BCUT2D eigenvalue weighted by Gasteiger charge is -2.09. The normalized spacial score (nSPS) is 14.6. The van der Waals surface area contributed by atoms with Crippen LogP contribution in [0.3, 0.4) is 0 Å². The van der Waals surface area contributed by atoms with Gasteiger partial charge in [0.15, 0.2) is 21.1 Å². The molecule has 0 bridgehead atoms. The summed E-state index contributed by atoms with van der Waals surface area (Å²) in [5, 5.41) is 14.7. The number of rotatable bonds is 8. The third-order valence-electron chi connectivity index (χ3n) is 4.59. The maximum absolute atomic E-state index is 12.3. The van der Waals surface area contributed by atoms with E-state index in [1.54, 1.807) is 6.26 Å². The van der Waals surface area contributed by atoms with Crippen molar-refractivity contribution in [2.45, 2.75) is 43.4 Å². The molecule has 31 heavy (non-hydrogen) atoms. The van der Waals surface area contributed by atoms with E-state index in [1.165, 1.54) is 19.5 Å². The monoisotopic (exact) mass is 487 g/mol. The lowest BCUT2D eigenvalue weighted by molar-refractivity contribution is 0.455. The van der Waals surface area contributed by atoms with Crippen molar-refractivity contribution >= 4 is 44.0 Å². The van der Waals surface area contributed by atoms with E-state index < -0.39 is 26.9 Å². The van der Waals surface area contributed by atoms with E-state index >= 15 is 0 Å². The molecule has 0 saturated heterocycles. The number of aromatic nitrogens is 2. The molecule has 0 aliphatic carbocycles. The predicted octanol–water partition coefficient (Wildman–Crippen LogP) is 3.67. The van der Waals surface area contributed by atoms with Gasteiger partial charge < -0.3 is 19.4 Å². The van der Waals surface area contributed by atoms with Gasteiger partial charge in [0.05, 0.1) is 12.0 Å². The zero-order valence-corrected chi connectivity index (χ0v) is 20.2. The molecular formula is C18H25N5O5S3. The van der Waals surface area contributed by atoms with Gasteiger partial charge in [0.25, 0.3) is 10.0 Å². The average Bonchev–Trinajstić information content (AvgIpc) is 3.40. The first-order valence-electron chi connectivity index (χ1n) is 9.48. The number of furan rings is 1. The van der Waals surface area contributed by atoms with Crippen LogP contribution in [-0.4, -0.2) is 45.2 Å². The van der Waals surface area contributed by atoms with Gasteiger partial charge in [0.1, 0.15) is 11.8 Å². The van der Waals surface area contributed by atoms with Gasteiger partial charge in [0.2, 0.25) is 11.3 Å². The fourth-order valence-electron chi connectivity index (χ4n) is 2.71. The number of aromatic amines is 1. The van der Waals surface area contributed by atoms with Crippen molar-refractivity contribution in [3.8, 4) is 5.75 Å². The summed E-state index contributed by atoms with van der Waals surface area (Å²) in [5.74, 6) is 0.690. The molecule has 0 spiro atoms. The smallest absolute Gasteiger partial charge is 0.255 e. The standard InChI is InChI=1S/C18H25N5O5S3/c1-6-12(14-7-11(8-28-14)10(2)3)19-16-17(22-30(25)21-16)20-13-9-29-18(15(13)24)31(26,27)23(4)5/h7-10,12,24H,6H2,1-5H3,(H,19,21)(H,20,22)/t12-,30?/m1/s1. The summed E-state index contributed by atoms with van der Waals surface area (Å²) >= 11 is -0.879. The molecule has 3 N–H and O–H groups in total. The van der Waals surface area contributed by atoms with E-state index in [-0.39, 0.29) is 27.2 Å². The van der Waals surface area contributed by atoms with Gasteiger partial charge in [-0.1, -0.05) is 20.8 Å². The Balaban J connectivity index is 1.96. The van der Waals surface area contributed by atoms with Crippen molar-refractivity contribution in [3.05, 3.63) is 34.5 Å². The molecule has 0 saturated carbocycles. The van der Waals surface area contributed by atoms with Gasteiger partial charge in [-0.25, -0.2) is 17.7 Å². The number of aromatic hydroxyl groups is 1. The molecule has 13 heteroatoms. The van der Waals surface area contributed by atoms with Crippen molar-refractivity contribution in [1.82, 2.24) is 13.1 Å². The Bertz CT molecular complexity index is 1220. The van der Waals surface area contributed by atoms with E-state index in [0.29, 0.717) is 18.1 Å². The van der Waals surface area contributed by atoms with Crippen LogP contribution >= 0.6 is 22.5 Å². The van der Waals surface area contributed by atoms with E-state index in [2.05, 4.69) is 32.9 Å². The SMILES string of the molecule is CC[C@@H](N=c1[nH][s+]([O-])nc1Nc1csc(S(=O)(=O)N(C)C)c1O)c1cc(C(C)C)co1. The molecule has 3 rings (SSSR count). The van der Waals surface area contributed by atoms with Crippen LogP contribution in [0.25, 0.3) is 0 Å². The molecule has 170 valence electrons. The van der Waals surface area contributed by atoms with Crippen LogP contribution in [-0.2, 0) is 10.0 Å². The van der Waals surface area contributed by atoms with Crippen molar-refractivity contribution in [3.63, 3.8) is 0 Å². The van der Waals surface area contributed by atoms with Gasteiger partial charge in [-0.2, -0.15) is 0 Å². The topological polar surface area (TPSA) is 147 Å². The summed E-state index contributed by atoms with van der Waals surface area (Å²) in [5.41, 5.74) is 1.42. The van der Waals surface area contributed by atoms with Crippen LogP contribution in [0.4, 0.5) is 11.5 Å². The first-order chi connectivity index (χ1) is 14.5. The highest BCUT2D eigenvalue weighted by molar-refractivity contribution is 7.91. The number of nitrogens with zero attached hydrogens (tertiary/aromatic N) is 3. The first-order valence-corrected chi connectivity index (χ1v) is 12.9. The van der Waals surface area contributed by atoms with Crippen LogP contribution in [0.1, 0.15) is 50.5 Å². The van der Waals surface area contributed by atoms with Crippen LogP contribution in [0.2, 0.25) is 0 Å². The van der Waals surface area contributed by atoms with Crippen molar-refractivity contribution in [1.29, 1.82) is 0 Å². The van der Waals surface area contributed by atoms with Crippen LogP contribution in [0, 0.1) is 0 Å². The number of thiophene rings is 1. The predicted molar refractivity (Wildman–Crippen MR) is 119 cm³/mol. The summed E-state index contributed by atoms with van der Waals surface area (Å²) in [6.07, 6.45) is 2.33. The summed E-state index contributed by atoms with van der Waals surface area (Å²) in [6.45, 7) is 6.08. The summed E-state index contributed by atoms with van der Waals surface area (Å²) in [6, 6.07) is 1.61. The zero-order valence-electron chi connectivity index (χ0n) is 17.7.